The van der Waals surface area contributed by atoms with E-state index in [2.05, 4.69) is 15.2 Å². The molecule has 110 valence electrons. The first-order valence-corrected chi connectivity index (χ1v) is 6.35. The first-order valence-electron chi connectivity index (χ1n) is 6.35. The summed E-state index contributed by atoms with van der Waals surface area (Å²) in [6.45, 7) is 5.14. The molecule has 1 aromatic heterocycles. The molecule has 0 aliphatic carbocycles. The highest BCUT2D eigenvalue weighted by molar-refractivity contribution is 5.85. The summed E-state index contributed by atoms with van der Waals surface area (Å²) in [7, 11) is 0. The summed E-state index contributed by atoms with van der Waals surface area (Å²) in [5.74, 6) is 0.709. The van der Waals surface area contributed by atoms with Gasteiger partial charge < -0.3 is 9.73 Å². The number of hydrogen-bond donors (Lipinski definition) is 1. The van der Waals surface area contributed by atoms with Crippen molar-refractivity contribution in [2.45, 2.75) is 6.54 Å². The van der Waals surface area contributed by atoms with Gasteiger partial charge in [0.25, 0.3) is 0 Å². The molecule has 1 fully saturated rings. The highest BCUT2D eigenvalue weighted by Crippen LogP contribution is 2.18. The predicted octanol–water partition coefficient (Wildman–Crippen LogP) is 2.59. The third kappa shape index (κ3) is 4.21. The summed E-state index contributed by atoms with van der Waals surface area (Å²) in [6.07, 6.45) is 1.77. The number of rotatable bonds is 3. The maximum absolute atomic E-state index is 5.54. The number of piperazine rings is 1. The van der Waals surface area contributed by atoms with E-state index >= 15 is 0 Å². The van der Waals surface area contributed by atoms with Crippen molar-refractivity contribution < 1.29 is 4.42 Å². The van der Waals surface area contributed by atoms with Crippen LogP contribution in [-0.2, 0) is 6.54 Å². The van der Waals surface area contributed by atoms with E-state index in [9.17, 15) is 0 Å². The van der Waals surface area contributed by atoms with Crippen molar-refractivity contribution in [1.29, 1.82) is 0 Å². The molecule has 2 heterocycles. The van der Waals surface area contributed by atoms with Gasteiger partial charge >= 0.3 is 0 Å². The Balaban J connectivity index is 0.000001000. The SMILES string of the molecule is Cl.Cl.c1ccc(-c2nc(CN3CCNCC3)co2)cc1. The zero-order chi connectivity index (χ0) is 12.2. The number of nitrogens with zero attached hydrogens (tertiary/aromatic N) is 2. The summed E-state index contributed by atoms with van der Waals surface area (Å²) in [4.78, 5) is 6.94. The van der Waals surface area contributed by atoms with Gasteiger partial charge in [-0.1, -0.05) is 18.2 Å². The number of halogens is 2. The standard InChI is InChI=1S/C14H17N3O.2ClH/c1-2-4-12(5-3-1)14-16-13(11-18-14)10-17-8-6-15-7-9-17;;/h1-5,11,15H,6-10H2;2*1H. The monoisotopic (exact) mass is 315 g/mol. The van der Waals surface area contributed by atoms with Gasteiger partial charge in [0, 0.05) is 38.3 Å². The number of aromatic nitrogens is 1. The lowest BCUT2D eigenvalue weighted by atomic mass is 10.2. The van der Waals surface area contributed by atoms with E-state index in [4.69, 9.17) is 4.42 Å². The van der Waals surface area contributed by atoms with Crippen LogP contribution >= 0.6 is 24.8 Å². The van der Waals surface area contributed by atoms with Crippen LogP contribution in [0.1, 0.15) is 5.69 Å². The molecule has 0 amide bonds. The van der Waals surface area contributed by atoms with Gasteiger partial charge in [-0.3, -0.25) is 4.90 Å². The summed E-state index contributed by atoms with van der Waals surface area (Å²) < 4.78 is 5.54. The molecular formula is C14H19Cl2N3O. The fraction of sp³-hybridized carbons (Fsp3) is 0.357. The van der Waals surface area contributed by atoms with Crippen LogP contribution in [-0.4, -0.2) is 36.1 Å². The lowest BCUT2D eigenvalue weighted by Crippen LogP contribution is -2.42. The van der Waals surface area contributed by atoms with E-state index < -0.39 is 0 Å². The van der Waals surface area contributed by atoms with E-state index in [0.29, 0.717) is 5.89 Å². The molecule has 0 saturated carbocycles. The molecule has 0 unspecified atom stereocenters. The van der Waals surface area contributed by atoms with Crippen LogP contribution in [0, 0.1) is 0 Å². The average Bonchev–Trinajstić information content (AvgIpc) is 2.89. The lowest BCUT2D eigenvalue weighted by Gasteiger charge is -2.25. The van der Waals surface area contributed by atoms with E-state index in [1.807, 2.05) is 30.3 Å². The van der Waals surface area contributed by atoms with Gasteiger partial charge in [0.05, 0.1) is 5.69 Å². The summed E-state index contributed by atoms with van der Waals surface area (Å²) in [5, 5.41) is 3.35. The van der Waals surface area contributed by atoms with E-state index in [-0.39, 0.29) is 24.8 Å². The average molecular weight is 316 g/mol. The molecule has 1 N–H and O–H groups in total. The maximum Gasteiger partial charge on any atom is 0.226 e. The second-order valence-corrected chi connectivity index (χ2v) is 4.54. The molecule has 1 aliphatic heterocycles. The fourth-order valence-corrected chi connectivity index (χ4v) is 2.19. The lowest BCUT2D eigenvalue weighted by molar-refractivity contribution is 0.230. The second-order valence-electron chi connectivity index (χ2n) is 4.54. The quantitative estimate of drug-likeness (QED) is 0.945. The molecule has 0 atom stereocenters. The Morgan fingerprint density at radius 1 is 1.10 bits per heavy atom. The van der Waals surface area contributed by atoms with Crippen LogP contribution < -0.4 is 5.32 Å². The normalized spacial score (nSPS) is 15.2. The zero-order valence-electron chi connectivity index (χ0n) is 11.1. The molecule has 0 radical (unpaired) electrons. The van der Waals surface area contributed by atoms with E-state index in [1.165, 1.54) is 0 Å². The summed E-state index contributed by atoms with van der Waals surface area (Å²) in [6, 6.07) is 10.0. The van der Waals surface area contributed by atoms with Gasteiger partial charge in [0.1, 0.15) is 6.26 Å². The van der Waals surface area contributed by atoms with Crippen LogP contribution in [0.25, 0.3) is 11.5 Å². The van der Waals surface area contributed by atoms with Crippen molar-refractivity contribution in [2.24, 2.45) is 0 Å². The van der Waals surface area contributed by atoms with Crippen molar-refractivity contribution >= 4 is 24.8 Å². The molecule has 4 nitrogen and oxygen atoms in total. The fourth-order valence-electron chi connectivity index (χ4n) is 2.19. The minimum atomic E-state index is 0. The molecule has 1 saturated heterocycles. The third-order valence-corrected chi connectivity index (χ3v) is 3.17. The number of benzene rings is 1. The maximum atomic E-state index is 5.54. The number of nitrogens with one attached hydrogen (secondary N) is 1. The summed E-state index contributed by atoms with van der Waals surface area (Å²) >= 11 is 0. The zero-order valence-corrected chi connectivity index (χ0v) is 12.8. The van der Waals surface area contributed by atoms with Crippen LogP contribution in [0.5, 0.6) is 0 Å². The van der Waals surface area contributed by atoms with E-state index in [0.717, 1.165) is 44.0 Å². The Bertz CT molecular complexity index is 498. The largest absolute Gasteiger partial charge is 0.444 e. The van der Waals surface area contributed by atoms with Crippen molar-refractivity contribution in [2.75, 3.05) is 26.2 Å². The highest BCUT2D eigenvalue weighted by Gasteiger charge is 2.13. The Morgan fingerprint density at radius 3 is 2.50 bits per heavy atom. The van der Waals surface area contributed by atoms with Crippen molar-refractivity contribution in [1.82, 2.24) is 15.2 Å². The predicted molar refractivity (Wildman–Crippen MR) is 84.6 cm³/mol. The van der Waals surface area contributed by atoms with Crippen LogP contribution in [0.3, 0.4) is 0 Å². The van der Waals surface area contributed by atoms with Gasteiger partial charge in [-0.05, 0) is 12.1 Å². The van der Waals surface area contributed by atoms with Gasteiger partial charge in [-0.25, -0.2) is 4.98 Å². The number of hydrogen-bond acceptors (Lipinski definition) is 4. The van der Waals surface area contributed by atoms with Crippen LogP contribution in [0.2, 0.25) is 0 Å². The molecule has 6 heteroatoms. The highest BCUT2D eigenvalue weighted by atomic mass is 35.5. The molecule has 0 bridgehead atoms. The minimum absolute atomic E-state index is 0. The molecule has 2 aromatic rings. The van der Waals surface area contributed by atoms with E-state index in [1.54, 1.807) is 6.26 Å². The van der Waals surface area contributed by atoms with Crippen molar-refractivity contribution in [3.63, 3.8) is 0 Å². The van der Waals surface area contributed by atoms with Crippen LogP contribution in [0.4, 0.5) is 0 Å². The molecule has 20 heavy (non-hydrogen) atoms. The van der Waals surface area contributed by atoms with Gasteiger partial charge in [0.2, 0.25) is 5.89 Å². The first-order chi connectivity index (χ1) is 8.92. The molecule has 1 aromatic carbocycles. The van der Waals surface area contributed by atoms with Gasteiger partial charge in [-0.2, -0.15) is 0 Å². The molecule has 3 rings (SSSR count). The number of oxazole rings is 1. The molecule has 1 aliphatic rings. The molecular weight excluding hydrogens is 297 g/mol. The van der Waals surface area contributed by atoms with Crippen LogP contribution in [0.15, 0.2) is 41.0 Å². The minimum Gasteiger partial charge on any atom is -0.444 e. The van der Waals surface area contributed by atoms with Crippen molar-refractivity contribution in [3.8, 4) is 11.5 Å². The van der Waals surface area contributed by atoms with Crippen molar-refractivity contribution in [3.05, 3.63) is 42.3 Å². The first kappa shape index (κ1) is 17.0. The smallest absolute Gasteiger partial charge is 0.226 e. The third-order valence-electron chi connectivity index (χ3n) is 3.17. The topological polar surface area (TPSA) is 41.3 Å². The summed E-state index contributed by atoms with van der Waals surface area (Å²) in [5.41, 5.74) is 2.04. The Hall–Kier alpha value is -1.07. The second kappa shape index (κ2) is 8.27. The Morgan fingerprint density at radius 2 is 1.80 bits per heavy atom. The van der Waals surface area contributed by atoms with Gasteiger partial charge in [0.15, 0.2) is 0 Å². The molecule has 0 spiro atoms. The van der Waals surface area contributed by atoms with Gasteiger partial charge in [-0.15, -0.1) is 24.8 Å². The Labute approximate surface area is 131 Å². The Kier molecular flexibility index (Phi) is 7.02.